The molecule has 0 radical (unpaired) electrons. The summed E-state index contributed by atoms with van der Waals surface area (Å²) in [5.41, 5.74) is 5.83. The van der Waals surface area contributed by atoms with Gasteiger partial charge in [0.15, 0.2) is 0 Å². The molecule has 2 N–H and O–H groups in total. The van der Waals surface area contributed by atoms with E-state index in [0.29, 0.717) is 6.04 Å². The Bertz CT molecular complexity index is 219. The molecule has 0 amide bonds. The summed E-state index contributed by atoms with van der Waals surface area (Å²) in [6.07, 6.45) is 3.68. The molecule has 0 bridgehead atoms. The first-order valence-corrected chi connectivity index (χ1v) is 7.57. The van der Waals surface area contributed by atoms with Gasteiger partial charge in [-0.15, -0.1) is 0 Å². The van der Waals surface area contributed by atoms with Crippen LogP contribution in [-0.4, -0.2) is 68.3 Å². The molecule has 2 rings (SSSR count). The largest absolute Gasteiger partial charge is 0.381 e. The van der Waals surface area contributed by atoms with Crippen LogP contribution in [0.3, 0.4) is 0 Å². The summed E-state index contributed by atoms with van der Waals surface area (Å²) in [5, 5.41) is 0. The number of hydrogen-bond donors (Lipinski definition) is 1. The monoisotopic (exact) mass is 255 g/mol. The van der Waals surface area contributed by atoms with Gasteiger partial charge in [-0.1, -0.05) is 6.92 Å². The van der Waals surface area contributed by atoms with Crippen molar-refractivity contribution in [1.82, 2.24) is 9.80 Å². The van der Waals surface area contributed by atoms with E-state index in [1.54, 1.807) is 0 Å². The van der Waals surface area contributed by atoms with Gasteiger partial charge in [-0.3, -0.25) is 4.90 Å². The molecule has 0 aliphatic carbocycles. The third-order valence-electron chi connectivity index (χ3n) is 4.52. The zero-order valence-corrected chi connectivity index (χ0v) is 11.8. The predicted molar refractivity (Wildman–Crippen MR) is 74.7 cm³/mol. The highest BCUT2D eigenvalue weighted by molar-refractivity contribution is 4.80. The summed E-state index contributed by atoms with van der Waals surface area (Å²) in [7, 11) is 0. The van der Waals surface area contributed by atoms with Crippen LogP contribution in [0.5, 0.6) is 0 Å². The van der Waals surface area contributed by atoms with Gasteiger partial charge < -0.3 is 15.4 Å². The summed E-state index contributed by atoms with van der Waals surface area (Å²) in [5.74, 6) is 0.863. The lowest BCUT2D eigenvalue weighted by atomic mass is 9.99. The van der Waals surface area contributed by atoms with Crippen LogP contribution in [0, 0.1) is 5.92 Å². The average Bonchev–Trinajstić information content (AvgIpc) is 2.43. The number of ether oxygens (including phenoxy) is 1. The van der Waals surface area contributed by atoms with E-state index < -0.39 is 0 Å². The van der Waals surface area contributed by atoms with Crippen molar-refractivity contribution in [3.05, 3.63) is 0 Å². The summed E-state index contributed by atoms with van der Waals surface area (Å²) in [6.45, 7) is 11.1. The second-order valence-electron chi connectivity index (χ2n) is 5.69. The van der Waals surface area contributed by atoms with Crippen LogP contribution in [0.2, 0.25) is 0 Å². The minimum atomic E-state index is 0.593. The summed E-state index contributed by atoms with van der Waals surface area (Å²) >= 11 is 0. The summed E-state index contributed by atoms with van der Waals surface area (Å²) < 4.78 is 5.43. The molecule has 4 heteroatoms. The molecule has 0 aromatic heterocycles. The van der Waals surface area contributed by atoms with E-state index in [1.165, 1.54) is 52.0 Å². The van der Waals surface area contributed by atoms with Crippen LogP contribution in [0.25, 0.3) is 0 Å². The highest BCUT2D eigenvalue weighted by Gasteiger charge is 2.24. The predicted octanol–water partition coefficient (Wildman–Crippen LogP) is 0.768. The van der Waals surface area contributed by atoms with Gasteiger partial charge in [-0.25, -0.2) is 0 Å². The van der Waals surface area contributed by atoms with Gasteiger partial charge in [0.1, 0.15) is 0 Å². The second kappa shape index (κ2) is 7.43. The van der Waals surface area contributed by atoms with Crippen molar-refractivity contribution >= 4 is 0 Å². The van der Waals surface area contributed by atoms with E-state index in [0.717, 1.165) is 25.7 Å². The van der Waals surface area contributed by atoms with E-state index in [9.17, 15) is 0 Å². The maximum absolute atomic E-state index is 5.83. The Morgan fingerprint density at radius 3 is 2.39 bits per heavy atom. The molecule has 0 saturated carbocycles. The lowest BCUT2D eigenvalue weighted by Crippen LogP contribution is -2.53. The second-order valence-corrected chi connectivity index (χ2v) is 5.69. The average molecular weight is 255 g/mol. The first-order valence-electron chi connectivity index (χ1n) is 7.57. The van der Waals surface area contributed by atoms with Crippen molar-refractivity contribution < 1.29 is 4.74 Å². The number of piperazine rings is 1. The standard InChI is InChI=1S/C14H29N3O/c1-2-14(11-15)17-7-5-16(6-8-17)12-13-3-9-18-10-4-13/h13-14H,2-12,15H2,1H3. The highest BCUT2D eigenvalue weighted by atomic mass is 16.5. The minimum Gasteiger partial charge on any atom is -0.381 e. The third kappa shape index (κ3) is 3.92. The molecule has 2 aliphatic heterocycles. The number of nitrogens with two attached hydrogens (primary N) is 1. The Labute approximate surface area is 111 Å². The van der Waals surface area contributed by atoms with Gasteiger partial charge in [0, 0.05) is 58.5 Å². The fourth-order valence-corrected chi connectivity index (χ4v) is 3.18. The Balaban J connectivity index is 1.69. The molecule has 4 nitrogen and oxygen atoms in total. The molecule has 2 saturated heterocycles. The van der Waals surface area contributed by atoms with Crippen LogP contribution >= 0.6 is 0 Å². The molecule has 1 unspecified atom stereocenters. The van der Waals surface area contributed by atoms with Crippen molar-refractivity contribution in [2.75, 3.05) is 52.5 Å². The maximum atomic E-state index is 5.83. The SMILES string of the molecule is CCC(CN)N1CCN(CC2CCOCC2)CC1. The van der Waals surface area contributed by atoms with Gasteiger partial charge in [0.05, 0.1) is 0 Å². The van der Waals surface area contributed by atoms with Gasteiger partial charge in [-0.05, 0) is 25.2 Å². The van der Waals surface area contributed by atoms with Crippen LogP contribution in [-0.2, 0) is 4.74 Å². The molecule has 106 valence electrons. The Morgan fingerprint density at radius 1 is 1.17 bits per heavy atom. The highest BCUT2D eigenvalue weighted by Crippen LogP contribution is 2.17. The van der Waals surface area contributed by atoms with E-state index in [2.05, 4.69) is 16.7 Å². The molecular weight excluding hydrogens is 226 g/mol. The summed E-state index contributed by atoms with van der Waals surface area (Å²) in [4.78, 5) is 5.20. The molecule has 0 aromatic carbocycles. The fraction of sp³-hybridized carbons (Fsp3) is 1.00. The van der Waals surface area contributed by atoms with E-state index in [1.807, 2.05) is 0 Å². The Morgan fingerprint density at radius 2 is 1.83 bits per heavy atom. The fourth-order valence-electron chi connectivity index (χ4n) is 3.18. The van der Waals surface area contributed by atoms with Gasteiger partial charge in [0.2, 0.25) is 0 Å². The summed E-state index contributed by atoms with van der Waals surface area (Å²) in [6, 6.07) is 0.593. The van der Waals surface area contributed by atoms with Crippen LogP contribution < -0.4 is 5.73 Å². The molecule has 0 aromatic rings. The minimum absolute atomic E-state index is 0.593. The van der Waals surface area contributed by atoms with Crippen LogP contribution in [0.4, 0.5) is 0 Å². The van der Waals surface area contributed by atoms with Crippen molar-refractivity contribution in [3.8, 4) is 0 Å². The zero-order chi connectivity index (χ0) is 12.8. The molecular formula is C14H29N3O. The normalized spacial score (nSPS) is 26.3. The maximum Gasteiger partial charge on any atom is 0.0469 e. The molecule has 18 heavy (non-hydrogen) atoms. The van der Waals surface area contributed by atoms with E-state index in [-0.39, 0.29) is 0 Å². The number of hydrogen-bond acceptors (Lipinski definition) is 4. The van der Waals surface area contributed by atoms with Crippen molar-refractivity contribution in [1.29, 1.82) is 0 Å². The number of nitrogens with zero attached hydrogens (tertiary/aromatic N) is 2. The quantitative estimate of drug-likeness (QED) is 0.788. The van der Waals surface area contributed by atoms with Gasteiger partial charge in [-0.2, -0.15) is 0 Å². The van der Waals surface area contributed by atoms with Crippen LogP contribution in [0.15, 0.2) is 0 Å². The van der Waals surface area contributed by atoms with Crippen molar-refractivity contribution in [2.45, 2.75) is 32.2 Å². The molecule has 2 heterocycles. The van der Waals surface area contributed by atoms with E-state index in [4.69, 9.17) is 10.5 Å². The van der Waals surface area contributed by atoms with E-state index >= 15 is 0 Å². The van der Waals surface area contributed by atoms with Gasteiger partial charge in [0.25, 0.3) is 0 Å². The van der Waals surface area contributed by atoms with Crippen molar-refractivity contribution in [2.24, 2.45) is 11.7 Å². The first kappa shape index (κ1) is 14.3. The number of rotatable bonds is 5. The molecule has 2 aliphatic rings. The molecule has 2 fully saturated rings. The topological polar surface area (TPSA) is 41.7 Å². The molecule has 1 atom stereocenters. The molecule has 0 spiro atoms. The lowest BCUT2D eigenvalue weighted by Gasteiger charge is -2.40. The van der Waals surface area contributed by atoms with Crippen LogP contribution in [0.1, 0.15) is 26.2 Å². The van der Waals surface area contributed by atoms with Gasteiger partial charge >= 0.3 is 0 Å². The smallest absolute Gasteiger partial charge is 0.0469 e. The lowest BCUT2D eigenvalue weighted by molar-refractivity contribution is 0.0367. The first-order chi connectivity index (χ1) is 8.83. The Kier molecular flexibility index (Phi) is 5.89. The van der Waals surface area contributed by atoms with Crippen molar-refractivity contribution in [3.63, 3.8) is 0 Å². The third-order valence-corrected chi connectivity index (χ3v) is 4.52. The Hall–Kier alpha value is -0.160. The zero-order valence-electron chi connectivity index (χ0n) is 11.8.